The third kappa shape index (κ3) is 5.16. The maximum Gasteiger partial charge on any atom is 0.226 e. The van der Waals surface area contributed by atoms with E-state index in [1.165, 1.54) is 16.8 Å². The fraction of sp³-hybridized carbons (Fsp3) is 0.229. The van der Waals surface area contributed by atoms with Crippen LogP contribution in [0.3, 0.4) is 0 Å². The van der Waals surface area contributed by atoms with E-state index in [0.717, 1.165) is 40.0 Å². The first-order valence-electron chi connectivity index (χ1n) is 14.5. The summed E-state index contributed by atoms with van der Waals surface area (Å²) in [6, 6.07) is 30.6. The minimum atomic E-state index is -0.143. The van der Waals surface area contributed by atoms with E-state index >= 15 is 0 Å². The molecule has 5 aromatic rings. The molecule has 42 heavy (non-hydrogen) atoms. The van der Waals surface area contributed by atoms with Crippen LogP contribution in [0.4, 0.5) is 5.69 Å². The number of pyridine rings is 1. The van der Waals surface area contributed by atoms with Gasteiger partial charge in [-0.3, -0.25) is 9.78 Å². The number of thiocarbonyl (C=S) groups is 1. The van der Waals surface area contributed by atoms with Crippen molar-refractivity contribution in [3.8, 4) is 5.69 Å². The van der Waals surface area contributed by atoms with E-state index in [0.29, 0.717) is 18.1 Å². The van der Waals surface area contributed by atoms with Crippen LogP contribution in [0.15, 0.2) is 97.2 Å². The summed E-state index contributed by atoms with van der Waals surface area (Å²) in [5, 5.41) is 9.43. The molecule has 1 aliphatic heterocycles. The third-order valence-electron chi connectivity index (χ3n) is 8.24. The molecule has 0 bridgehead atoms. The number of anilines is 1. The molecule has 0 saturated carbocycles. The van der Waals surface area contributed by atoms with Crippen LogP contribution in [0.2, 0.25) is 0 Å². The zero-order chi connectivity index (χ0) is 29.2. The predicted molar refractivity (Wildman–Crippen MR) is 174 cm³/mol. The van der Waals surface area contributed by atoms with Crippen LogP contribution in [0.5, 0.6) is 0 Å². The van der Waals surface area contributed by atoms with Gasteiger partial charge in [-0.1, -0.05) is 67.6 Å². The van der Waals surface area contributed by atoms with Crippen molar-refractivity contribution < 1.29 is 4.79 Å². The van der Waals surface area contributed by atoms with Crippen molar-refractivity contribution in [2.24, 2.45) is 0 Å². The number of rotatable bonds is 8. The summed E-state index contributed by atoms with van der Waals surface area (Å²) in [6.45, 7) is 7.00. The van der Waals surface area contributed by atoms with Gasteiger partial charge < -0.3 is 20.1 Å². The average molecular weight is 574 g/mol. The smallest absolute Gasteiger partial charge is 0.226 e. The highest BCUT2D eigenvalue weighted by atomic mass is 32.1. The number of aromatic nitrogens is 2. The number of aryl methyl sites for hydroxylation is 2. The van der Waals surface area contributed by atoms with Gasteiger partial charge in [-0.25, -0.2) is 0 Å². The van der Waals surface area contributed by atoms with Crippen LogP contribution < -0.4 is 10.6 Å². The Bertz CT molecular complexity index is 1760. The van der Waals surface area contributed by atoms with Crippen molar-refractivity contribution in [3.63, 3.8) is 0 Å². The second kappa shape index (κ2) is 11.8. The molecule has 2 atom stereocenters. The van der Waals surface area contributed by atoms with Gasteiger partial charge in [0.15, 0.2) is 5.11 Å². The molecule has 3 heterocycles. The highest BCUT2D eigenvalue weighted by molar-refractivity contribution is 7.80. The minimum absolute atomic E-state index is 0.0449. The molecule has 0 radical (unpaired) electrons. The standard InChI is InChI=1S/C35H35N5OS/c1-4-25-12-6-8-18-31(25)40-23(2)22-28(24(40)3)34-33(30-16-9-10-20-36-30)38-35(42)39(34)21-19-32(41)37-29-17-11-14-26-13-5-7-15-27(26)29/h5-18,20,22,33-34H,4,19,21H2,1-3H3,(H,37,41)(H,38,42)/t33-,34-/m0/s1. The molecule has 2 N–H and O–H groups in total. The maximum atomic E-state index is 13.3. The van der Waals surface area contributed by atoms with E-state index in [4.69, 9.17) is 17.2 Å². The van der Waals surface area contributed by atoms with Crippen molar-refractivity contribution in [1.29, 1.82) is 0 Å². The second-order valence-electron chi connectivity index (χ2n) is 10.8. The molecule has 7 heteroatoms. The highest BCUT2D eigenvalue weighted by Crippen LogP contribution is 2.41. The number of nitrogens with one attached hydrogen (secondary N) is 2. The summed E-state index contributed by atoms with van der Waals surface area (Å²) < 4.78 is 2.34. The van der Waals surface area contributed by atoms with E-state index in [1.54, 1.807) is 0 Å². The molecule has 2 aromatic heterocycles. The molecule has 6 nitrogen and oxygen atoms in total. The van der Waals surface area contributed by atoms with Gasteiger partial charge in [-0.15, -0.1) is 0 Å². The van der Waals surface area contributed by atoms with Crippen molar-refractivity contribution in [3.05, 3.63) is 125 Å². The molecule has 0 unspecified atom stereocenters. The van der Waals surface area contributed by atoms with Gasteiger partial charge in [0.05, 0.1) is 17.8 Å². The van der Waals surface area contributed by atoms with Gasteiger partial charge >= 0.3 is 0 Å². The van der Waals surface area contributed by atoms with Crippen LogP contribution in [-0.2, 0) is 11.2 Å². The van der Waals surface area contributed by atoms with Gasteiger partial charge in [-0.2, -0.15) is 0 Å². The molecule has 0 spiro atoms. The third-order valence-corrected chi connectivity index (χ3v) is 8.60. The molecular weight excluding hydrogens is 538 g/mol. The van der Waals surface area contributed by atoms with Crippen LogP contribution in [-0.4, -0.2) is 32.0 Å². The lowest BCUT2D eigenvalue weighted by Gasteiger charge is -2.28. The Morgan fingerprint density at radius 1 is 0.976 bits per heavy atom. The molecule has 1 saturated heterocycles. The number of hydrogen-bond acceptors (Lipinski definition) is 3. The fourth-order valence-electron chi connectivity index (χ4n) is 6.24. The Morgan fingerprint density at radius 2 is 1.74 bits per heavy atom. The molecule has 6 rings (SSSR count). The summed E-state index contributed by atoms with van der Waals surface area (Å²) in [5.41, 5.74) is 7.74. The van der Waals surface area contributed by atoms with Crippen molar-refractivity contribution in [2.75, 3.05) is 11.9 Å². The summed E-state index contributed by atoms with van der Waals surface area (Å²) in [7, 11) is 0. The largest absolute Gasteiger partial charge is 0.352 e. The molecule has 1 fully saturated rings. The lowest BCUT2D eigenvalue weighted by Crippen LogP contribution is -2.33. The van der Waals surface area contributed by atoms with Crippen LogP contribution in [0, 0.1) is 13.8 Å². The average Bonchev–Trinajstić information content (AvgIpc) is 3.50. The van der Waals surface area contributed by atoms with Gasteiger partial charge in [0.2, 0.25) is 5.91 Å². The Balaban J connectivity index is 1.32. The maximum absolute atomic E-state index is 13.3. The lowest BCUT2D eigenvalue weighted by atomic mass is 9.96. The quantitative estimate of drug-likeness (QED) is 0.192. The Hall–Kier alpha value is -4.49. The van der Waals surface area contributed by atoms with Crippen LogP contribution >= 0.6 is 12.2 Å². The van der Waals surface area contributed by atoms with E-state index in [1.807, 2.05) is 54.7 Å². The second-order valence-corrected chi connectivity index (χ2v) is 11.2. The zero-order valence-corrected chi connectivity index (χ0v) is 25.0. The predicted octanol–water partition coefficient (Wildman–Crippen LogP) is 7.21. The number of benzene rings is 3. The van der Waals surface area contributed by atoms with Crippen LogP contribution in [0.1, 0.15) is 53.6 Å². The zero-order valence-electron chi connectivity index (χ0n) is 24.2. The topological polar surface area (TPSA) is 62.2 Å². The summed E-state index contributed by atoms with van der Waals surface area (Å²) in [6.07, 6.45) is 3.07. The van der Waals surface area contributed by atoms with Gasteiger partial charge in [0.1, 0.15) is 0 Å². The number of para-hydroxylation sites is 1. The first-order chi connectivity index (χ1) is 20.5. The Morgan fingerprint density at radius 3 is 2.55 bits per heavy atom. The van der Waals surface area contributed by atoms with Gasteiger partial charge in [-0.05, 0) is 79.3 Å². The van der Waals surface area contributed by atoms with Crippen molar-refractivity contribution >= 4 is 39.7 Å². The van der Waals surface area contributed by atoms with Crippen molar-refractivity contribution in [1.82, 2.24) is 19.8 Å². The summed E-state index contributed by atoms with van der Waals surface area (Å²) >= 11 is 5.90. The number of nitrogens with zero attached hydrogens (tertiary/aromatic N) is 3. The SMILES string of the molecule is CCc1ccccc1-n1c(C)cc([C@H]2[C@H](c3ccccn3)NC(=S)N2CCC(=O)Nc2cccc3ccccc23)c1C. The van der Waals surface area contributed by atoms with E-state index < -0.39 is 0 Å². The number of hydrogen-bond donors (Lipinski definition) is 2. The normalized spacial score (nSPS) is 16.5. The summed E-state index contributed by atoms with van der Waals surface area (Å²) in [5.74, 6) is -0.0449. The number of carbonyl (C=O) groups excluding carboxylic acids is 1. The fourth-order valence-corrected chi connectivity index (χ4v) is 6.57. The summed E-state index contributed by atoms with van der Waals surface area (Å²) in [4.78, 5) is 20.1. The number of fused-ring (bicyclic) bond motifs is 1. The molecule has 212 valence electrons. The van der Waals surface area contributed by atoms with Crippen molar-refractivity contribution in [2.45, 2.75) is 45.7 Å². The molecule has 3 aromatic carbocycles. The highest BCUT2D eigenvalue weighted by Gasteiger charge is 2.41. The number of amides is 1. The lowest BCUT2D eigenvalue weighted by molar-refractivity contribution is -0.116. The van der Waals surface area contributed by atoms with Crippen LogP contribution in [0.25, 0.3) is 16.5 Å². The molecule has 0 aliphatic carbocycles. The first-order valence-corrected chi connectivity index (χ1v) is 14.9. The Kier molecular flexibility index (Phi) is 7.76. The Labute approximate surface area is 252 Å². The van der Waals surface area contributed by atoms with E-state index in [9.17, 15) is 4.79 Å². The monoisotopic (exact) mass is 573 g/mol. The number of carbonyl (C=O) groups is 1. The van der Waals surface area contributed by atoms with Gasteiger partial charge in [0.25, 0.3) is 0 Å². The molecule has 1 amide bonds. The van der Waals surface area contributed by atoms with Gasteiger partial charge in [0, 0.05) is 47.3 Å². The molecular formula is C35H35N5OS. The minimum Gasteiger partial charge on any atom is -0.352 e. The van der Waals surface area contributed by atoms with E-state index in [-0.39, 0.29) is 18.0 Å². The first kappa shape index (κ1) is 27.7. The van der Waals surface area contributed by atoms with E-state index in [2.05, 4.69) is 83.3 Å². The molecule has 1 aliphatic rings.